The molecule has 6 aliphatic rings. The van der Waals surface area contributed by atoms with Crippen molar-refractivity contribution in [3.8, 4) is 55.6 Å². The molecule has 0 aliphatic heterocycles. The molecule has 0 radical (unpaired) electrons. The number of rotatable bonds is 3. The second-order valence-electron chi connectivity index (χ2n) is 20.0. The number of hydrogen-bond donors (Lipinski definition) is 0. The molecule has 0 heteroatoms. The van der Waals surface area contributed by atoms with E-state index in [-0.39, 0.29) is 10.8 Å². The lowest BCUT2D eigenvalue weighted by atomic mass is 9.43. The van der Waals surface area contributed by atoms with Crippen molar-refractivity contribution in [3.05, 3.63) is 192 Å². The second-order valence-corrected chi connectivity index (χ2v) is 20.0. The van der Waals surface area contributed by atoms with Crippen LogP contribution in [0.25, 0.3) is 88.0 Å². The Hall–Kier alpha value is -6.24. The number of benzene rings is 9. The SMILES string of the molecule is CC1(C)c2cc(-c3ccccc3)ccc2-c2ccc(-c3c4ccccc4c(-c4ccc5c(c4)-c4c(ccc6ccccc46)C54C5CC6CC(C5)CC4C6)c4ccccc34)cc21. The van der Waals surface area contributed by atoms with Gasteiger partial charge < -0.3 is 0 Å². The fourth-order valence-corrected chi connectivity index (χ4v) is 14.6. The summed E-state index contributed by atoms with van der Waals surface area (Å²) in [6.07, 6.45) is 7.08. The van der Waals surface area contributed by atoms with Gasteiger partial charge in [0.25, 0.3) is 0 Å². The molecule has 4 bridgehead atoms. The van der Waals surface area contributed by atoms with Crippen molar-refractivity contribution in [2.75, 3.05) is 0 Å². The van der Waals surface area contributed by atoms with Crippen LogP contribution in [0.2, 0.25) is 0 Å². The van der Waals surface area contributed by atoms with Crippen molar-refractivity contribution >= 4 is 32.3 Å². The van der Waals surface area contributed by atoms with Gasteiger partial charge in [-0.3, -0.25) is 0 Å². The summed E-state index contributed by atoms with van der Waals surface area (Å²) < 4.78 is 0. The van der Waals surface area contributed by atoms with Crippen molar-refractivity contribution in [2.24, 2.45) is 23.7 Å². The van der Waals surface area contributed by atoms with E-state index in [0.717, 1.165) is 23.7 Å². The highest BCUT2D eigenvalue weighted by atomic mass is 14.6. The summed E-state index contributed by atoms with van der Waals surface area (Å²) in [7, 11) is 0. The highest BCUT2D eigenvalue weighted by Gasteiger charge is 2.61. The summed E-state index contributed by atoms with van der Waals surface area (Å²) in [6.45, 7) is 4.83. The summed E-state index contributed by atoms with van der Waals surface area (Å²) >= 11 is 0. The molecule has 0 unspecified atom stereocenters. The van der Waals surface area contributed by atoms with E-state index in [0.29, 0.717) is 0 Å². The van der Waals surface area contributed by atoms with Crippen LogP contribution < -0.4 is 0 Å². The van der Waals surface area contributed by atoms with Crippen LogP contribution in [0.1, 0.15) is 68.2 Å². The van der Waals surface area contributed by atoms with E-state index in [1.54, 1.807) is 11.1 Å². The Morgan fingerprint density at radius 3 is 1.46 bits per heavy atom. The molecule has 0 N–H and O–H groups in total. The quantitative estimate of drug-likeness (QED) is 0.157. The van der Waals surface area contributed by atoms with Crippen molar-refractivity contribution < 1.29 is 0 Å². The van der Waals surface area contributed by atoms with E-state index in [9.17, 15) is 0 Å². The molecule has 0 atom stereocenters. The van der Waals surface area contributed by atoms with Crippen molar-refractivity contribution in [1.29, 1.82) is 0 Å². The zero-order valence-corrected chi connectivity index (χ0v) is 35.0. The van der Waals surface area contributed by atoms with Crippen LogP contribution in [0.15, 0.2) is 170 Å². The highest BCUT2D eigenvalue weighted by Crippen LogP contribution is 2.70. The van der Waals surface area contributed by atoms with E-state index >= 15 is 0 Å². The Morgan fingerprint density at radius 2 is 0.836 bits per heavy atom. The molecule has 4 saturated carbocycles. The minimum Gasteiger partial charge on any atom is -0.0622 e. The second kappa shape index (κ2) is 12.2. The third-order valence-electron chi connectivity index (χ3n) is 16.8. The molecule has 0 nitrogen and oxygen atoms in total. The van der Waals surface area contributed by atoms with Gasteiger partial charge in [0.2, 0.25) is 0 Å². The van der Waals surface area contributed by atoms with Crippen LogP contribution in [0.3, 0.4) is 0 Å². The standard InChI is InChI=1S/C61H48/c1-60(2)55-34-40(38-12-4-3-5-13-38)20-24-46(55)47-25-21-42(35-56(47)60)58-50-18-10-8-16-48(50)57(49-17-9-11-19-51(49)58)41-23-26-53-52(33-41)59-45-15-7-6-14-39(45)22-27-54(59)61(53)43-29-36-28-37(31-43)32-44(61)30-36/h3-27,33-37,43-44H,28-32H2,1-2H3. The Labute approximate surface area is 358 Å². The first-order chi connectivity index (χ1) is 30.0. The van der Waals surface area contributed by atoms with Gasteiger partial charge in [-0.1, -0.05) is 166 Å². The van der Waals surface area contributed by atoms with Gasteiger partial charge in [-0.2, -0.15) is 0 Å². The molecule has 6 aliphatic carbocycles. The molecule has 0 aromatic heterocycles. The smallest absolute Gasteiger partial charge is 0.0272 e. The van der Waals surface area contributed by atoms with Crippen LogP contribution in [0.5, 0.6) is 0 Å². The summed E-state index contributed by atoms with van der Waals surface area (Å²) in [5.41, 5.74) is 19.7. The molecule has 9 aromatic carbocycles. The lowest BCUT2D eigenvalue weighted by Gasteiger charge is -2.61. The maximum atomic E-state index is 2.63. The van der Waals surface area contributed by atoms with Gasteiger partial charge in [0.15, 0.2) is 0 Å². The predicted octanol–water partition coefficient (Wildman–Crippen LogP) is 16.2. The molecular formula is C61H48. The Morgan fingerprint density at radius 1 is 0.344 bits per heavy atom. The van der Waals surface area contributed by atoms with E-state index < -0.39 is 0 Å². The lowest BCUT2D eigenvalue weighted by Crippen LogP contribution is -2.55. The normalized spacial score (nSPS) is 23.4. The molecular weight excluding hydrogens is 733 g/mol. The van der Waals surface area contributed by atoms with Gasteiger partial charge in [0.1, 0.15) is 0 Å². The minimum absolute atomic E-state index is 0.128. The predicted molar refractivity (Wildman–Crippen MR) is 256 cm³/mol. The van der Waals surface area contributed by atoms with Gasteiger partial charge >= 0.3 is 0 Å². The summed E-state index contributed by atoms with van der Waals surface area (Å²) in [6, 6.07) is 65.7. The molecule has 9 aromatic rings. The zero-order chi connectivity index (χ0) is 40.2. The van der Waals surface area contributed by atoms with Crippen LogP contribution in [0, 0.1) is 23.7 Å². The third-order valence-corrected chi connectivity index (χ3v) is 16.8. The van der Waals surface area contributed by atoms with Crippen LogP contribution in [-0.2, 0) is 10.8 Å². The van der Waals surface area contributed by atoms with E-state index in [2.05, 4.69) is 184 Å². The molecule has 61 heavy (non-hydrogen) atoms. The third kappa shape index (κ3) is 4.51. The van der Waals surface area contributed by atoms with Gasteiger partial charge in [0, 0.05) is 10.8 Å². The molecule has 0 amide bonds. The summed E-state index contributed by atoms with van der Waals surface area (Å²) in [5, 5.41) is 8.07. The molecule has 4 fully saturated rings. The minimum atomic E-state index is -0.128. The molecule has 1 spiro atoms. The van der Waals surface area contributed by atoms with E-state index in [1.165, 1.54) is 131 Å². The van der Waals surface area contributed by atoms with Crippen LogP contribution in [0.4, 0.5) is 0 Å². The summed E-state index contributed by atoms with van der Waals surface area (Å²) in [5.74, 6) is 3.34. The first kappa shape index (κ1) is 34.5. The average Bonchev–Trinajstić information content (AvgIpc) is 3.72. The largest absolute Gasteiger partial charge is 0.0622 e. The van der Waals surface area contributed by atoms with E-state index in [4.69, 9.17) is 0 Å². The highest BCUT2D eigenvalue weighted by molar-refractivity contribution is 6.22. The maximum Gasteiger partial charge on any atom is 0.0272 e. The molecule has 0 saturated heterocycles. The van der Waals surface area contributed by atoms with Gasteiger partial charge in [-0.15, -0.1) is 0 Å². The van der Waals surface area contributed by atoms with Crippen LogP contribution >= 0.6 is 0 Å². The maximum absolute atomic E-state index is 2.63. The topological polar surface area (TPSA) is 0 Å². The van der Waals surface area contributed by atoms with Crippen molar-refractivity contribution in [1.82, 2.24) is 0 Å². The lowest BCUT2D eigenvalue weighted by molar-refractivity contribution is -0.0399. The van der Waals surface area contributed by atoms with Crippen LogP contribution in [-0.4, -0.2) is 0 Å². The first-order valence-electron chi connectivity index (χ1n) is 22.9. The van der Waals surface area contributed by atoms with Crippen molar-refractivity contribution in [2.45, 2.75) is 56.8 Å². The van der Waals surface area contributed by atoms with Gasteiger partial charge in [0.05, 0.1) is 0 Å². The van der Waals surface area contributed by atoms with Gasteiger partial charge in [-0.05, 0) is 184 Å². The first-order valence-corrected chi connectivity index (χ1v) is 22.9. The fourth-order valence-electron chi connectivity index (χ4n) is 14.6. The Balaban J connectivity index is 0.968. The summed E-state index contributed by atoms with van der Waals surface area (Å²) in [4.78, 5) is 0. The van der Waals surface area contributed by atoms with Crippen molar-refractivity contribution in [3.63, 3.8) is 0 Å². The number of fused-ring (bicyclic) bond motifs is 10. The Kier molecular flexibility index (Phi) is 6.89. The number of hydrogen-bond acceptors (Lipinski definition) is 0. The molecule has 292 valence electrons. The monoisotopic (exact) mass is 780 g/mol. The van der Waals surface area contributed by atoms with Gasteiger partial charge in [-0.25, -0.2) is 0 Å². The van der Waals surface area contributed by atoms with E-state index in [1.807, 2.05) is 0 Å². The average molecular weight is 781 g/mol. The Bertz CT molecular complexity index is 3260. The zero-order valence-electron chi connectivity index (χ0n) is 35.0. The fraction of sp³-hybridized carbons (Fsp3) is 0.213. The molecule has 0 heterocycles. The molecule has 15 rings (SSSR count).